The summed E-state index contributed by atoms with van der Waals surface area (Å²) in [5.74, 6) is 2.26. The summed E-state index contributed by atoms with van der Waals surface area (Å²) in [6, 6.07) is 11.0. The van der Waals surface area contributed by atoms with Crippen molar-refractivity contribution in [3.8, 4) is 11.5 Å². The van der Waals surface area contributed by atoms with Crippen LogP contribution in [0.4, 0.5) is 0 Å². The van der Waals surface area contributed by atoms with Gasteiger partial charge in [-0.2, -0.15) is 16.1 Å². The van der Waals surface area contributed by atoms with Crippen LogP contribution in [-0.4, -0.2) is 38.4 Å². The molecule has 8 heteroatoms. The van der Waals surface area contributed by atoms with Crippen molar-refractivity contribution in [2.75, 3.05) is 25.6 Å². The Morgan fingerprint density at radius 2 is 1.96 bits per heavy atom. The largest absolute Gasteiger partial charge is 0.454 e. The lowest BCUT2D eigenvalue weighted by molar-refractivity contribution is 0.174. The Hall–Kier alpha value is -1.41. The summed E-state index contributed by atoms with van der Waals surface area (Å²) in [4.78, 5) is 0.293. The van der Waals surface area contributed by atoms with Gasteiger partial charge in [0.05, 0.1) is 4.90 Å². The quantitative estimate of drug-likeness (QED) is 0.735. The van der Waals surface area contributed by atoms with Crippen molar-refractivity contribution in [1.82, 2.24) is 4.31 Å². The third kappa shape index (κ3) is 3.66. The number of fused-ring (bicyclic) bond motifs is 1. The Bertz CT molecular complexity index is 964. The molecule has 0 radical (unpaired) electrons. The minimum absolute atomic E-state index is 0.222. The molecule has 5 nitrogen and oxygen atoms in total. The van der Waals surface area contributed by atoms with E-state index in [1.165, 1.54) is 0 Å². The van der Waals surface area contributed by atoms with E-state index in [0.717, 1.165) is 29.2 Å². The molecule has 0 amide bonds. The van der Waals surface area contributed by atoms with Crippen LogP contribution in [-0.2, 0) is 10.0 Å². The summed E-state index contributed by atoms with van der Waals surface area (Å²) >= 11 is 7.91. The van der Waals surface area contributed by atoms with Crippen LogP contribution in [0.3, 0.4) is 0 Å². The van der Waals surface area contributed by atoms with E-state index in [1.54, 1.807) is 41.2 Å². The first-order valence-electron chi connectivity index (χ1n) is 8.73. The monoisotopic (exact) mass is 425 g/mol. The predicted molar refractivity (Wildman–Crippen MR) is 107 cm³/mol. The minimum Gasteiger partial charge on any atom is -0.454 e. The van der Waals surface area contributed by atoms with E-state index >= 15 is 0 Å². The number of halogens is 1. The van der Waals surface area contributed by atoms with E-state index in [4.69, 9.17) is 21.1 Å². The maximum Gasteiger partial charge on any atom is 0.243 e. The van der Waals surface area contributed by atoms with Crippen molar-refractivity contribution in [3.63, 3.8) is 0 Å². The van der Waals surface area contributed by atoms with Gasteiger partial charge >= 0.3 is 0 Å². The highest BCUT2D eigenvalue weighted by Gasteiger charge is 2.30. The average Bonchev–Trinajstić information content (AvgIpc) is 2.97. The van der Waals surface area contributed by atoms with Gasteiger partial charge in [0.15, 0.2) is 11.5 Å². The van der Waals surface area contributed by atoms with E-state index in [9.17, 15) is 8.42 Å². The highest BCUT2D eigenvalue weighted by Crippen LogP contribution is 2.41. The molecule has 1 atom stereocenters. The topological polar surface area (TPSA) is 55.8 Å². The molecule has 0 aliphatic carbocycles. The van der Waals surface area contributed by atoms with Crippen molar-refractivity contribution in [2.45, 2.75) is 23.5 Å². The van der Waals surface area contributed by atoms with Crippen LogP contribution in [0.2, 0.25) is 5.02 Å². The van der Waals surface area contributed by atoms with Crippen LogP contribution >= 0.6 is 23.4 Å². The van der Waals surface area contributed by atoms with Crippen molar-refractivity contribution >= 4 is 33.4 Å². The van der Waals surface area contributed by atoms with E-state index in [1.807, 2.05) is 18.2 Å². The molecule has 0 aromatic heterocycles. The Balaban J connectivity index is 1.54. The molecule has 144 valence electrons. The van der Waals surface area contributed by atoms with Gasteiger partial charge in [-0.1, -0.05) is 23.7 Å². The van der Waals surface area contributed by atoms with Crippen LogP contribution in [0.25, 0.3) is 0 Å². The van der Waals surface area contributed by atoms with Gasteiger partial charge < -0.3 is 9.47 Å². The van der Waals surface area contributed by atoms with E-state index in [-0.39, 0.29) is 12.0 Å². The Morgan fingerprint density at radius 3 is 2.81 bits per heavy atom. The molecule has 0 spiro atoms. The van der Waals surface area contributed by atoms with Crippen molar-refractivity contribution in [1.29, 1.82) is 0 Å². The van der Waals surface area contributed by atoms with Crippen LogP contribution < -0.4 is 9.47 Å². The lowest BCUT2D eigenvalue weighted by Crippen LogP contribution is -2.33. The Kier molecular flexibility index (Phi) is 5.29. The summed E-state index contributed by atoms with van der Waals surface area (Å²) in [7, 11) is -3.56. The summed E-state index contributed by atoms with van der Waals surface area (Å²) in [5, 5.41) is 0.693. The van der Waals surface area contributed by atoms with Gasteiger partial charge in [-0.15, -0.1) is 0 Å². The second kappa shape index (κ2) is 7.54. The highest BCUT2D eigenvalue weighted by molar-refractivity contribution is 7.99. The van der Waals surface area contributed by atoms with Crippen LogP contribution in [0.5, 0.6) is 11.5 Å². The Labute approximate surface area is 168 Å². The molecular weight excluding hydrogens is 406 g/mol. The van der Waals surface area contributed by atoms with Gasteiger partial charge in [-0.05, 0) is 48.7 Å². The standard InChI is InChI=1S/C19H20ClNO4S2/c1-13-15(20)3-2-4-19(13)27(22,23)21-8-7-18(26-10-9-21)14-5-6-16-17(11-14)25-12-24-16/h2-6,11,18H,7-10,12H2,1H3. The molecule has 1 saturated heterocycles. The second-order valence-corrected chi connectivity index (χ2v) is 10.2. The molecule has 2 heterocycles. The zero-order valence-electron chi connectivity index (χ0n) is 14.9. The molecule has 27 heavy (non-hydrogen) atoms. The molecule has 4 rings (SSSR count). The lowest BCUT2D eigenvalue weighted by atomic mass is 10.1. The van der Waals surface area contributed by atoms with Crippen LogP contribution in [0.15, 0.2) is 41.3 Å². The van der Waals surface area contributed by atoms with Gasteiger partial charge in [0.2, 0.25) is 16.8 Å². The third-order valence-corrected chi connectivity index (χ3v) is 8.69. The van der Waals surface area contributed by atoms with Gasteiger partial charge in [-0.25, -0.2) is 8.42 Å². The molecule has 1 unspecified atom stereocenters. The van der Waals surface area contributed by atoms with Gasteiger partial charge in [0, 0.05) is 29.1 Å². The summed E-state index contributed by atoms with van der Waals surface area (Å²) in [6.07, 6.45) is 0.739. The molecular formula is C19H20ClNO4S2. The average molecular weight is 426 g/mol. The molecule has 2 aromatic rings. The first-order valence-corrected chi connectivity index (χ1v) is 11.6. The molecule has 2 aliphatic rings. The van der Waals surface area contributed by atoms with Crippen molar-refractivity contribution in [3.05, 3.63) is 52.5 Å². The molecule has 2 aromatic carbocycles. The summed E-state index contributed by atoms with van der Waals surface area (Å²) < 4.78 is 38.7. The maximum absolute atomic E-state index is 13.1. The normalized spacial score (nSPS) is 20.4. The summed E-state index contributed by atoms with van der Waals surface area (Å²) in [5.41, 5.74) is 1.74. The fourth-order valence-electron chi connectivity index (χ4n) is 3.38. The number of ether oxygens (including phenoxy) is 2. The molecule has 0 N–H and O–H groups in total. The van der Waals surface area contributed by atoms with Crippen molar-refractivity contribution < 1.29 is 17.9 Å². The number of nitrogens with zero attached hydrogens (tertiary/aromatic N) is 1. The van der Waals surface area contributed by atoms with E-state index < -0.39 is 10.0 Å². The minimum atomic E-state index is -3.56. The number of benzene rings is 2. The fraction of sp³-hybridized carbons (Fsp3) is 0.368. The number of rotatable bonds is 3. The molecule has 2 aliphatic heterocycles. The van der Waals surface area contributed by atoms with Crippen LogP contribution in [0, 0.1) is 6.92 Å². The number of sulfonamides is 1. The number of hydrogen-bond acceptors (Lipinski definition) is 5. The second-order valence-electron chi connectivity index (χ2n) is 6.53. The molecule has 1 fully saturated rings. The van der Waals surface area contributed by atoms with Crippen molar-refractivity contribution in [2.24, 2.45) is 0 Å². The van der Waals surface area contributed by atoms with Gasteiger partial charge in [-0.3, -0.25) is 0 Å². The first-order chi connectivity index (χ1) is 13.0. The molecule has 0 bridgehead atoms. The Morgan fingerprint density at radius 1 is 1.15 bits per heavy atom. The fourth-order valence-corrected chi connectivity index (χ4v) is 6.65. The molecule has 0 saturated carbocycles. The number of hydrogen-bond donors (Lipinski definition) is 0. The van der Waals surface area contributed by atoms with Crippen LogP contribution in [0.1, 0.15) is 22.8 Å². The van der Waals surface area contributed by atoms with Gasteiger partial charge in [0.1, 0.15) is 0 Å². The highest BCUT2D eigenvalue weighted by atomic mass is 35.5. The number of thioether (sulfide) groups is 1. The zero-order valence-corrected chi connectivity index (χ0v) is 17.2. The van der Waals surface area contributed by atoms with Gasteiger partial charge in [0.25, 0.3) is 0 Å². The third-order valence-electron chi connectivity index (χ3n) is 4.90. The lowest BCUT2D eigenvalue weighted by Gasteiger charge is -2.21. The van der Waals surface area contributed by atoms with E-state index in [0.29, 0.717) is 28.6 Å². The van der Waals surface area contributed by atoms with E-state index in [2.05, 4.69) is 0 Å². The first kappa shape index (κ1) is 18.9. The maximum atomic E-state index is 13.1. The zero-order chi connectivity index (χ0) is 19.0. The smallest absolute Gasteiger partial charge is 0.243 e. The SMILES string of the molecule is Cc1c(Cl)cccc1S(=O)(=O)N1CCSC(c2ccc3c(c2)OCO3)CC1. The predicted octanol–water partition coefficient (Wildman–Crippen LogP) is 4.25. The summed E-state index contributed by atoms with van der Waals surface area (Å²) in [6.45, 7) is 2.96.